The summed E-state index contributed by atoms with van der Waals surface area (Å²) in [7, 11) is 1.36. The zero-order valence-electron chi connectivity index (χ0n) is 6.96. The number of aliphatic hydroxyl groups is 1. The second kappa shape index (κ2) is 2.81. The summed E-state index contributed by atoms with van der Waals surface area (Å²) in [5, 5.41) is 9.45. The van der Waals surface area contributed by atoms with Crippen LogP contribution in [0.4, 0.5) is 0 Å². The highest BCUT2D eigenvalue weighted by Crippen LogP contribution is 2.38. The van der Waals surface area contributed by atoms with Gasteiger partial charge in [-0.25, -0.2) is 0 Å². The zero-order valence-corrected chi connectivity index (χ0v) is 6.96. The van der Waals surface area contributed by atoms with Gasteiger partial charge in [-0.1, -0.05) is 0 Å². The predicted octanol–water partition coefficient (Wildman–Crippen LogP) is 0.710. The Kier molecular flexibility index (Phi) is 2.18. The molecule has 1 N–H and O–H groups in total. The van der Waals surface area contributed by atoms with Crippen molar-refractivity contribution in [1.82, 2.24) is 0 Å². The molecule has 11 heavy (non-hydrogen) atoms. The number of carbonyl (C=O) groups is 1. The fourth-order valence-corrected chi connectivity index (χ4v) is 1.62. The lowest BCUT2D eigenvalue weighted by atomic mass is 9.87. The Bertz CT molecular complexity index is 167. The first kappa shape index (κ1) is 8.53. The van der Waals surface area contributed by atoms with E-state index in [1.807, 2.05) is 0 Å². The fraction of sp³-hybridized carbons (Fsp3) is 0.875. The van der Waals surface area contributed by atoms with Gasteiger partial charge in [0, 0.05) is 0 Å². The van der Waals surface area contributed by atoms with Gasteiger partial charge in [-0.3, -0.25) is 4.79 Å². The fourth-order valence-electron chi connectivity index (χ4n) is 1.62. The van der Waals surface area contributed by atoms with Gasteiger partial charge < -0.3 is 9.84 Å². The molecule has 0 aromatic carbocycles. The number of aliphatic hydroxyl groups excluding tert-OH is 1. The first-order valence-corrected chi connectivity index (χ1v) is 3.88. The zero-order chi connectivity index (χ0) is 8.48. The topological polar surface area (TPSA) is 46.5 Å². The molecule has 1 saturated carbocycles. The Hall–Kier alpha value is -0.570. The number of methoxy groups -OCH3 is 1. The van der Waals surface area contributed by atoms with Crippen molar-refractivity contribution < 1.29 is 14.6 Å². The molecule has 0 bridgehead atoms. The largest absolute Gasteiger partial charge is 0.469 e. The highest BCUT2D eigenvalue weighted by Gasteiger charge is 2.45. The minimum atomic E-state index is -0.644. The molecule has 0 amide bonds. The lowest BCUT2D eigenvalue weighted by Crippen LogP contribution is -2.36. The van der Waals surface area contributed by atoms with Crippen molar-refractivity contribution in [2.75, 3.05) is 7.11 Å². The van der Waals surface area contributed by atoms with Crippen molar-refractivity contribution >= 4 is 5.97 Å². The maximum absolute atomic E-state index is 11.2. The third kappa shape index (κ3) is 1.25. The molecule has 0 aliphatic heterocycles. The van der Waals surface area contributed by atoms with Crippen molar-refractivity contribution in [1.29, 1.82) is 0 Å². The molecule has 2 atom stereocenters. The summed E-state index contributed by atoms with van der Waals surface area (Å²) < 4.78 is 4.61. The average molecular weight is 158 g/mol. The van der Waals surface area contributed by atoms with Gasteiger partial charge in [-0.2, -0.15) is 0 Å². The molecule has 64 valence electrons. The van der Waals surface area contributed by atoms with Gasteiger partial charge >= 0.3 is 5.97 Å². The van der Waals surface area contributed by atoms with Crippen molar-refractivity contribution in [3.05, 3.63) is 0 Å². The monoisotopic (exact) mass is 158 g/mol. The summed E-state index contributed by atoms with van der Waals surface area (Å²) in [5.74, 6) is -0.289. The highest BCUT2D eigenvalue weighted by molar-refractivity contribution is 5.77. The van der Waals surface area contributed by atoms with Crippen molar-refractivity contribution in [2.45, 2.75) is 32.3 Å². The Balaban J connectivity index is 2.72. The summed E-state index contributed by atoms with van der Waals surface area (Å²) >= 11 is 0. The van der Waals surface area contributed by atoms with Crippen LogP contribution in [-0.2, 0) is 9.53 Å². The van der Waals surface area contributed by atoms with E-state index in [1.54, 1.807) is 6.92 Å². The van der Waals surface area contributed by atoms with Gasteiger partial charge in [0.15, 0.2) is 0 Å². The van der Waals surface area contributed by atoms with E-state index >= 15 is 0 Å². The van der Waals surface area contributed by atoms with Gasteiger partial charge in [-0.05, 0) is 26.2 Å². The van der Waals surface area contributed by atoms with Crippen molar-refractivity contribution in [3.63, 3.8) is 0 Å². The van der Waals surface area contributed by atoms with Crippen LogP contribution in [0.3, 0.4) is 0 Å². The molecule has 3 nitrogen and oxygen atoms in total. The number of hydrogen-bond donors (Lipinski definition) is 1. The lowest BCUT2D eigenvalue weighted by Gasteiger charge is -2.24. The Labute approximate surface area is 66.4 Å². The lowest BCUT2D eigenvalue weighted by molar-refractivity contribution is -0.156. The van der Waals surface area contributed by atoms with Gasteiger partial charge in [0.05, 0.1) is 18.6 Å². The van der Waals surface area contributed by atoms with Crippen LogP contribution >= 0.6 is 0 Å². The number of hydrogen-bond acceptors (Lipinski definition) is 3. The van der Waals surface area contributed by atoms with Crippen LogP contribution in [0.2, 0.25) is 0 Å². The van der Waals surface area contributed by atoms with E-state index in [1.165, 1.54) is 7.11 Å². The van der Waals surface area contributed by atoms with Crippen LogP contribution in [0.1, 0.15) is 26.2 Å². The number of ether oxygens (including phenoxy) is 1. The van der Waals surface area contributed by atoms with Crippen LogP contribution in [0, 0.1) is 5.41 Å². The molecule has 1 aliphatic rings. The molecule has 0 spiro atoms. The molecule has 1 fully saturated rings. The highest BCUT2D eigenvalue weighted by atomic mass is 16.5. The normalized spacial score (nSPS) is 37.2. The molecule has 3 heteroatoms. The smallest absolute Gasteiger partial charge is 0.314 e. The van der Waals surface area contributed by atoms with E-state index in [-0.39, 0.29) is 5.97 Å². The summed E-state index contributed by atoms with van der Waals surface area (Å²) in [6.45, 7) is 1.76. The maximum Gasteiger partial charge on any atom is 0.314 e. The molecule has 0 radical (unpaired) electrons. The SMILES string of the molecule is COC(=O)[C@@]1(C)CCC[C@@H]1O. The number of rotatable bonds is 1. The van der Waals surface area contributed by atoms with E-state index in [9.17, 15) is 9.90 Å². The Morgan fingerprint density at radius 1 is 1.73 bits per heavy atom. The predicted molar refractivity (Wildman–Crippen MR) is 40.0 cm³/mol. The molecule has 1 aliphatic carbocycles. The van der Waals surface area contributed by atoms with Crippen LogP contribution in [0.25, 0.3) is 0 Å². The first-order valence-electron chi connectivity index (χ1n) is 3.88. The molecule has 0 aromatic heterocycles. The van der Waals surface area contributed by atoms with Crippen LogP contribution in [-0.4, -0.2) is 24.3 Å². The summed E-state index contributed by atoms with van der Waals surface area (Å²) in [5.41, 5.74) is -0.644. The Morgan fingerprint density at radius 2 is 2.36 bits per heavy atom. The van der Waals surface area contributed by atoms with Crippen LogP contribution < -0.4 is 0 Å². The second-order valence-electron chi connectivity index (χ2n) is 3.32. The average Bonchev–Trinajstić information content (AvgIpc) is 2.32. The van der Waals surface area contributed by atoms with E-state index in [0.717, 1.165) is 12.8 Å². The third-order valence-electron chi connectivity index (χ3n) is 2.56. The van der Waals surface area contributed by atoms with Crippen molar-refractivity contribution in [2.24, 2.45) is 5.41 Å². The summed E-state index contributed by atoms with van der Waals surface area (Å²) in [4.78, 5) is 11.2. The Morgan fingerprint density at radius 3 is 2.73 bits per heavy atom. The van der Waals surface area contributed by atoms with Gasteiger partial charge in [0.25, 0.3) is 0 Å². The van der Waals surface area contributed by atoms with E-state index < -0.39 is 11.5 Å². The molecule has 0 aromatic rings. The quantitative estimate of drug-likeness (QED) is 0.572. The second-order valence-corrected chi connectivity index (χ2v) is 3.32. The number of carbonyl (C=O) groups excluding carboxylic acids is 1. The minimum Gasteiger partial charge on any atom is -0.469 e. The van der Waals surface area contributed by atoms with E-state index in [2.05, 4.69) is 4.74 Å². The minimum absolute atomic E-state index is 0.289. The molecule has 0 unspecified atom stereocenters. The van der Waals surface area contributed by atoms with Gasteiger partial charge in [0.1, 0.15) is 0 Å². The van der Waals surface area contributed by atoms with E-state index in [0.29, 0.717) is 6.42 Å². The van der Waals surface area contributed by atoms with Crippen molar-refractivity contribution in [3.8, 4) is 0 Å². The number of esters is 1. The first-order chi connectivity index (χ1) is 5.11. The maximum atomic E-state index is 11.2. The molecular formula is C8H14O3. The summed E-state index contributed by atoms with van der Waals surface area (Å²) in [6.07, 6.45) is 1.84. The molecule has 0 saturated heterocycles. The van der Waals surface area contributed by atoms with Gasteiger partial charge in [-0.15, -0.1) is 0 Å². The van der Waals surface area contributed by atoms with Gasteiger partial charge in [0.2, 0.25) is 0 Å². The summed E-state index contributed by atoms with van der Waals surface area (Å²) in [6, 6.07) is 0. The van der Waals surface area contributed by atoms with Crippen LogP contribution in [0.15, 0.2) is 0 Å². The standard InChI is InChI=1S/C8H14O3/c1-8(7(10)11-2)5-3-4-6(8)9/h6,9H,3-5H2,1-2H3/t6-,8-/m0/s1. The van der Waals surface area contributed by atoms with E-state index in [4.69, 9.17) is 0 Å². The molecular weight excluding hydrogens is 144 g/mol. The molecule has 1 rings (SSSR count). The third-order valence-corrected chi connectivity index (χ3v) is 2.56. The molecule has 0 heterocycles. The van der Waals surface area contributed by atoms with Crippen LogP contribution in [0.5, 0.6) is 0 Å².